The second-order valence-corrected chi connectivity index (χ2v) is 8.11. The van der Waals surface area contributed by atoms with Gasteiger partial charge >= 0.3 is 0 Å². The summed E-state index contributed by atoms with van der Waals surface area (Å²) in [6.07, 6.45) is 1.46. The fraction of sp³-hybridized carbons (Fsp3) is 0.154. The fourth-order valence-corrected chi connectivity index (χ4v) is 3.48. The number of anilines is 3. The largest absolute Gasteiger partial charge is 0.496 e. The maximum absolute atomic E-state index is 11.4. The second-order valence-electron chi connectivity index (χ2n) is 8.11. The van der Waals surface area contributed by atoms with E-state index in [1.165, 1.54) is 12.3 Å². The van der Waals surface area contributed by atoms with Gasteiger partial charge in [-0.1, -0.05) is 26.0 Å². The van der Waals surface area contributed by atoms with Gasteiger partial charge in [0.05, 0.1) is 12.8 Å². The Morgan fingerprint density at radius 1 is 1.00 bits per heavy atom. The summed E-state index contributed by atoms with van der Waals surface area (Å²) in [5.74, 6) is 2.05. The third-order valence-electron chi connectivity index (χ3n) is 5.24. The lowest BCUT2D eigenvalue weighted by molar-refractivity contribution is 0.0995. The van der Waals surface area contributed by atoms with Crippen molar-refractivity contribution in [1.29, 1.82) is 0 Å². The van der Waals surface area contributed by atoms with Crippen LogP contribution in [-0.4, -0.2) is 28.0 Å². The monoisotopic (exact) mass is 470 g/mol. The molecule has 4 aromatic rings. The number of methoxy groups -OCH3 is 1. The quantitative estimate of drug-likeness (QED) is 0.331. The van der Waals surface area contributed by atoms with Crippen LogP contribution in [0.3, 0.4) is 0 Å². The summed E-state index contributed by atoms with van der Waals surface area (Å²) in [4.78, 5) is 24.1. The second kappa shape index (κ2) is 10.1. The van der Waals surface area contributed by atoms with E-state index in [1.807, 2.05) is 30.3 Å². The van der Waals surface area contributed by atoms with Crippen molar-refractivity contribution in [3.63, 3.8) is 0 Å². The molecule has 0 bridgehead atoms. The number of ether oxygens (including phenoxy) is 2. The summed E-state index contributed by atoms with van der Waals surface area (Å²) in [6.45, 7) is 4.26. The van der Waals surface area contributed by atoms with E-state index >= 15 is 0 Å². The molecule has 0 saturated carbocycles. The van der Waals surface area contributed by atoms with Gasteiger partial charge in [0.1, 0.15) is 28.8 Å². The minimum atomic E-state index is -0.626. The van der Waals surface area contributed by atoms with Crippen molar-refractivity contribution in [1.82, 2.24) is 15.0 Å². The van der Waals surface area contributed by atoms with Crippen molar-refractivity contribution in [2.24, 2.45) is 5.73 Å². The van der Waals surface area contributed by atoms with Crippen LogP contribution >= 0.6 is 0 Å². The molecule has 1 amide bonds. The summed E-state index contributed by atoms with van der Waals surface area (Å²) in [5, 5.41) is 3.25. The molecule has 0 atom stereocenters. The lowest BCUT2D eigenvalue weighted by atomic mass is 9.98. The lowest BCUT2D eigenvalue weighted by Gasteiger charge is -2.14. The Morgan fingerprint density at radius 2 is 1.80 bits per heavy atom. The number of hydrogen-bond donors (Lipinski definition) is 3. The Kier molecular flexibility index (Phi) is 6.77. The van der Waals surface area contributed by atoms with Crippen LogP contribution in [0, 0.1) is 0 Å². The zero-order valence-corrected chi connectivity index (χ0v) is 19.6. The Morgan fingerprint density at radius 3 is 2.54 bits per heavy atom. The van der Waals surface area contributed by atoms with Crippen molar-refractivity contribution in [3.05, 3.63) is 78.1 Å². The van der Waals surface area contributed by atoms with Crippen molar-refractivity contribution in [2.45, 2.75) is 19.8 Å². The number of amides is 1. The molecular weight excluding hydrogens is 444 g/mol. The van der Waals surface area contributed by atoms with E-state index < -0.39 is 5.91 Å². The van der Waals surface area contributed by atoms with E-state index in [4.69, 9.17) is 20.9 Å². The summed E-state index contributed by atoms with van der Waals surface area (Å²) in [6, 6.07) is 18.2. The molecule has 178 valence electrons. The molecule has 0 radical (unpaired) electrons. The van der Waals surface area contributed by atoms with E-state index in [1.54, 1.807) is 25.3 Å². The van der Waals surface area contributed by atoms with Gasteiger partial charge in [0.25, 0.3) is 5.91 Å². The molecular formula is C26H26N6O3. The SMILES string of the molecule is COc1ccc(C(C)C)cc1-c1cc(Nc2cccc(Oc3ccnc(C(N)=O)c3)c2)nc(N)n1. The Labute approximate surface area is 203 Å². The standard InChI is InChI=1S/C26H26N6O3/c1-15(2)16-7-8-23(34-3)20(11-16)21-14-24(32-26(28)31-21)30-17-5-4-6-18(12-17)35-19-9-10-29-22(13-19)25(27)33/h4-15H,1-3H3,(H2,27,33)(H3,28,30,31,32). The Bertz CT molecular complexity index is 1370. The number of nitrogens with zero attached hydrogens (tertiary/aromatic N) is 3. The van der Waals surface area contributed by atoms with Crippen LogP contribution in [0.25, 0.3) is 11.3 Å². The number of hydrogen-bond acceptors (Lipinski definition) is 8. The molecule has 9 heteroatoms. The maximum atomic E-state index is 11.4. The van der Waals surface area contributed by atoms with Gasteiger partial charge in [-0.15, -0.1) is 0 Å². The van der Waals surface area contributed by atoms with Crippen molar-refractivity contribution in [2.75, 3.05) is 18.2 Å². The predicted molar refractivity (Wildman–Crippen MR) is 135 cm³/mol. The molecule has 0 aliphatic heterocycles. The lowest BCUT2D eigenvalue weighted by Crippen LogP contribution is -2.12. The number of nitrogens with two attached hydrogens (primary N) is 2. The van der Waals surface area contributed by atoms with Gasteiger partial charge < -0.3 is 26.3 Å². The van der Waals surface area contributed by atoms with Crippen LogP contribution in [0.2, 0.25) is 0 Å². The molecule has 5 N–H and O–H groups in total. The molecule has 9 nitrogen and oxygen atoms in total. The fourth-order valence-electron chi connectivity index (χ4n) is 3.48. The van der Waals surface area contributed by atoms with E-state index in [2.05, 4.69) is 40.2 Å². The molecule has 0 unspecified atom stereocenters. The van der Waals surface area contributed by atoms with Crippen molar-refractivity contribution < 1.29 is 14.3 Å². The van der Waals surface area contributed by atoms with Gasteiger partial charge in [-0.25, -0.2) is 4.98 Å². The number of carbonyl (C=O) groups is 1. The minimum absolute atomic E-state index is 0.123. The van der Waals surface area contributed by atoms with E-state index in [0.717, 1.165) is 16.8 Å². The van der Waals surface area contributed by atoms with Crippen LogP contribution in [0.15, 0.2) is 66.9 Å². The maximum Gasteiger partial charge on any atom is 0.267 e. The predicted octanol–water partition coefficient (Wildman–Crippen LogP) is 4.89. The summed E-state index contributed by atoms with van der Waals surface area (Å²) < 4.78 is 11.4. The van der Waals surface area contributed by atoms with Gasteiger partial charge in [0, 0.05) is 35.6 Å². The van der Waals surface area contributed by atoms with E-state index in [-0.39, 0.29) is 11.6 Å². The molecule has 0 aliphatic rings. The van der Waals surface area contributed by atoms with E-state index in [9.17, 15) is 4.79 Å². The highest BCUT2D eigenvalue weighted by atomic mass is 16.5. The number of primary amides is 1. The van der Waals surface area contributed by atoms with Crippen molar-refractivity contribution in [3.8, 4) is 28.5 Å². The van der Waals surface area contributed by atoms with Crippen LogP contribution in [0.1, 0.15) is 35.8 Å². The molecule has 2 aromatic heterocycles. The molecule has 2 aromatic carbocycles. The molecule has 0 spiro atoms. The zero-order valence-electron chi connectivity index (χ0n) is 19.6. The van der Waals surface area contributed by atoms with Gasteiger partial charge in [0.2, 0.25) is 5.95 Å². The first-order valence-corrected chi connectivity index (χ1v) is 11.0. The van der Waals surface area contributed by atoms with Crippen LogP contribution < -0.4 is 26.3 Å². The molecule has 0 aliphatic carbocycles. The van der Waals surface area contributed by atoms with Crippen LogP contribution in [0.5, 0.6) is 17.2 Å². The number of benzene rings is 2. The Hall–Kier alpha value is -4.66. The number of rotatable bonds is 8. The molecule has 2 heterocycles. The summed E-state index contributed by atoms with van der Waals surface area (Å²) in [7, 11) is 1.62. The third-order valence-corrected chi connectivity index (χ3v) is 5.24. The number of nitrogen functional groups attached to an aromatic ring is 1. The van der Waals surface area contributed by atoms with Crippen LogP contribution in [0.4, 0.5) is 17.5 Å². The molecule has 0 fully saturated rings. The van der Waals surface area contributed by atoms with Crippen LogP contribution in [-0.2, 0) is 0 Å². The van der Waals surface area contributed by atoms with Crippen molar-refractivity contribution >= 4 is 23.4 Å². The van der Waals surface area contributed by atoms with E-state index in [0.29, 0.717) is 34.7 Å². The minimum Gasteiger partial charge on any atom is -0.496 e. The summed E-state index contributed by atoms with van der Waals surface area (Å²) in [5.41, 5.74) is 14.8. The Balaban J connectivity index is 1.61. The number of nitrogens with one attached hydrogen (secondary N) is 1. The first kappa shape index (κ1) is 23.5. The zero-order chi connectivity index (χ0) is 24.9. The van der Waals surface area contributed by atoms with Gasteiger partial charge in [-0.05, 0) is 41.8 Å². The number of carbonyl (C=O) groups excluding carboxylic acids is 1. The molecule has 35 heavy (non-hydrogen) atoms. The average molecular weight is 471 g/mol. The highest BCUT2D eigenvalue weighted by Gasteiger charge is 2.13. The molecule has 0 saturated heterocycles. The highest BCUT2D eigenvalue weighted by molar-refractivity contribution is 5.91. The normalized spacial score (nSPS) is 10.7. The highest BCUT2D eigenvalue weighted by Crippen LogP contribution is 2.34. The topological polar surface area (TPSA) is 138 Å². The average Bonchev–Trinajstić information content (AvgIpc) is 2.83. The molecule has 4 rings (SSSR count). The number of aromatic nitrogens is 3. The summed E-state index contributed by atoms with van der Waals surface area (Å²) >= 11 is 0. The van der Waals surface area contributed by atoms with Gasteiger partial charge in [-0.2, -0.15) is 4.98 Å². The third kappa shape index (κ3) is 5.64. The van der Waals surface area contributed by atoms with Gasteiger partial charge in [0.15, 0.2) is 0 Å². The first-order valence-electron chi connectivity index (χ1n) is 11.0. The smallest absolute Gasteiger partial charge is 0.267 e. The van der Waals surface area contributed by atoms with Gasteiger partial charge in [-0.3, -0.25) is 9.78 Å². The number of pyridine rings is 1. The first-order chi connectivity index (χ1) is 16.8.